The molecule has 1 rings (SSSR count). The average Bonchev–Trinajstić information content (AvgIpc) is 2.33. The average molecular weight is 346 g/mol. The highest BCUT2D eigenvalue weighted by molar-refractivity contribution is 9.10. The summed E-state index contributed by atoms with van der Waals surface area (Å²) >= 11 is 3.11. The Hall–Kier alpha value is -2.09. The number of hydrogen-bond donors (Lipinski definition) is 4. The third-order valence-electron chi connectivity index (χ3n) is 2.45. The van der Waals surface area contributed by atoms with Gasteiger partial charge in [-0.25, -0.2) is 4.79 Å². The van der Waals surface area contributed by atoms with Crippen molar-refractivity contribution in [2.24, 2.45) is 0 Å². The summed E-state index contributed by atoms with van der Waals surface area (Å²) in [5.74, 6) is -3.58. The molecule has 0 aliphatic rings. The first kappa shape index (κ1) is 16.0. The Balaban J connectivity index is 2.80. The van der Waals surface area contributed by atoms with E-state index in [0.29, 0.717) is 4.47 Å². The van der Waals surface area contributed by atoms with Crippen LogP contribution >= 0.6 is 15.9 Å². The fourth-order valence-electron chi connectivity index (χ4n) is 1.46. The van der Waals surface area contributed by atoms with E-state index in [-0.39, 0.29) is 24.2 Å². The lowest BCUT2D eigenvalue weighted by Crippen LogP contribution is -2.41. The van der Waals surface area contributed by atoms with Gasteiger partial charge in [-0.15, -0.1) is 0 Å². The number of phenols is 1. The molecule has 0 bridgehead atoms. The molecule has 0 fully saturated rings. The number of rotatable bonds is 6. The van der Waals surface area contributed by atoms with Crippen molar-refractivity contribution in [3.63, 3.8) is 0 Å². The zero-order valence-electron chi connectivity index (χ0n) is 10.2. The molecule has 1 aromatic carbocycles. The number of benzene rings is 1. The number of carboxylic acids is 2. The summed E-state index contributed by atoms with van der Waals surface area (Å²) < 4.78 is 0.562. The first-order valence-electron chi connectivity index (χ1n) is 5.55. The Morgan fingerprint density at radius 1 is 1.25 bits per heavy atom. The van der Waals surface area contributed by atoms with E-state index in [4.69, 9.17) is 10.2 Å². The van der Waals surface area contributed by atoms with Gasteiger partial charge in [0.15, 0.2) is 0 Å². The number of aromatic hydroxyl groups is 1. The van der Waals surface area contributed by atoms with E-state index in [9.17, 15) is 19.5 Å². The number of nitrogens with one attached hydrogen (secondary N) is 1. The van der Waals surface area contributed by atoms with Crippen molar-refractivity contribution < 1.29 is 29.7 Å². The van der Waals surface area contributed by atoms with E-state index in [1.165, 1.54) is 18.2 Å². The van der Waals surface area contributed by atoms with Crippen molar-refractivity contribution in [3.05, 3.63) is 28.2 Å². The quantitative estimate of drug-likeness (QED) is 0.614. The number of halogens is 1. The Labute approximate surface area is 122 Å². The first-order chi connectivity index (χ1) is 9.31. The summed E-state index contributed by atoms with van der Waals surface area (Å²) in [6, 6.07) is 2.80. The van der Waals surface area contributed by atoms with Crippen LogP contribution in [0.4, 0.5) is 0 Å². The number of hydrogen-bond acceptors (Lipinski definition) is 4. The molecule has 0 spiro atoms. The number of amides is 1. The fourth-order valence-corrected chi connectivity index (χ4v) is 1.81. The summed E-state index contributed by atoms with van der Waals surface area (Å²) in [5, 5.41) is 29.2. The van der Waals surface area contributed by atoms with Crippen LogP contribution in [0.1, 0.15) is 23.2 Å². The SMILES string of the molecule is O=C(O)CC[C@H](NC(=O)c1ccc(Br)cc1O)C(=O)O. The molecule has 0 aliphatic carbocycles. The minimum Gasteiger partial charge on any atom is -0.507 e. The van der Waals surface area contributed by atoms with Gasteiger partial charge >= 0.3 is 11.9 Å². The van der Waals surface area contributed by atoms with Gasteiger partial charge in [0.25, 0.3) is 5.91 Å². The molecule has 0 radical (unpaired) electrons. The molecule has 0 aromatic heterocycles. The lowest BCUT2D eigenvalue weighted by Gasteiger charge is -2.14. The molecule has 4 N–H and O–H groups in total. The summed E-state index contributed by atoms with van der Waals surface area (Å²) in [5.41, 5.74) is -0.0882. The Morgan fingerprint density at radius 2 is 1.90 bits per heavy atom. The maximum atomic E-state index is 11.8. The molecule has 1 aromatic rings. The lowest BCUT2D eigenvalue weighted by atomic mass is 10.1. The predicted octanol–water partition coefficient (Wildman–Crippen LogP) is 1.20. The molecule has 0 saturated heterocycles. The van der Waals surface area contributed by atoms with Crippen LogP contribution in [-0.4, -0.2) is 39.2 Å². The third kappa shape index (κ3) is 4.54. The minimum absolute atomic E-state index is 0.0882. The van der Waals surface area contributed by atoms with Gasteiger partial charge in [-0.2, -0.15) is 0 Å². The molecule has 0 heterocycles. The highest BCUT2D eigenvalue weighted by Gasteiger charge is 2.22. The van der Waals surface area contributed by atoms with Crippen LogP contribution in [0, 0.1) is 0 Å². The number of carbonyl (C=O) groups excluding carboxylic acids is 1. The Bertz CT molecular complexity index is 545. The van der Waals surface area contributed by atoms with Crippen LogP contribution in [0.3, 0.4) is 0 Å². The molecule has 8 heteroatoms. The molecule has 0 unspecified atom stereocenters. The van der Waals surface area contributed by atoms with Gasteiger partial charge in [-0.1, -0.05) is 15.9 Å². The molecule has 1 atom stereocenters. The predicted molar refractivity (Wildman–Crippen MR) is 71.6 cm³/mol. The molecular formula is C12H12BrNO6. The van der Waals surface area contributed by atoms with E-state index >= 15 is 0 Å². The van der Waals surface area contributed by atoms with Crippen molar-refractivity contribution in [1.82, 2.24) is 5.32 Å². The minimum atomic E-state index is -1.34. The lowest BCUT2D eigenvalue weighted by molar-refractivity contribution is -0.140. The standard InChI is InChI=1S/C12H12BrNO6/c13-6-1-2-7(9(15)5-6)11(18)14-8(12(19)20)3-4-10(16)17/h1-2,5,8,15H,3-4H2,(H,14,18)(H,16,17)(H,19,20)/t8-/m0/s1. The van der Waals surface area contributed by atoms with E-state index < -0.39 is 23.9 Å². The fraction of sp³-hybridized carbons (Fsp3) is 0.250. The molecule has 7 nitrogen and oxygen atoms in total. The molecule has 108 valence electrons. The summed E-state index contributed by atoms with van der Waals surface area (Å²) in [6.45, 7) is 0. The van der Waals surface area contributed by atoms with E-state index in [0.717, 1.165) is 0 Å². The van der Waals surface area contributed by atoms with Gasteiger partial charge in [-0.3, -0.25) is 9.59 Å². The van der Waals surface area contributed by atoms with Crippen molar-refractivity contribution >= 4 is 33.8 Å². The molecule has 1 amide bonds. The molecule has 0 saturated carbocycles. The van der Waals surface area contributed by atoms with Gasteiger partial charge in [0.2, 0.25) is 0 Å². The highest BCUT2D eigenvalue weighted by atomic mass is 79.9. The first-order valence-corrected chi connectivity index (χ1v) is 6.34. The monoisotopic (exact) mass is 345 g/mol. The molecular weight excluding hydrogens is 334 g/mol. The van der Waals surface area contributed by atoms with Gasteiger partial charge in [0.1, 0.15) is 11.8 Å². The van der Waals surface area contributed by atoms with E-state index in [1.54, 1.807) is 0 Å². The van der Waals surface area contributed by atoms with Crippen molar-refractivity contribution in [2.75, 3.05) is 0 Å². The smallest absolute Gasteiger partial charge is 0.326 e. The normalized spacial score (nSPS) is 11.7. The van der Waals surface area contributed by atoms with Gasteiger partial charge in [0.05, 0.1) is 5.56 Å². The number of phenolic OH excluding ortho intramolecular Hbond substituents is 1. The number of aliphatic carboxylic acids is 2. The van der Waals surface area contributed by atoms with Crippen LogP contribution in [-0.2, 0) is 9.59 Å². The zero-order chi connectivity index (χ0) is 15.3. The molecule has 20 heavy (non-hydrogen) atoms. The van der Waals surface area contributed by atoms with Crippen molar-refractivity contribution in [1.29, 1.82) is 0 Å². The van der Waals surface area contributed by atoms with Crippen LogP contribution in [0.15, 0.2) is 22.7 Å². The highest BCUT2D eigenvalue weighted by Crippen LogP contribution is 2.22. The Kier molecular flexibility index (Phi) is 5.51. The van der Waals surface area contributed by atoms with Crippen LogP contribution in [0.2, 0.25) is 0 Å². The third-order valence-corrected chi connectivity index (χ3v) is 2.95. The van der Waals surface area contributed by atoms with E-state index in [2.05, 4.69) is 21.2 Å². The second-order valence-corrected chi connectivity index (χ2v) is 4.87. The Morgan fingerprint density at radius 3 is 2.40 bits per heavy atom. The van der Waals surface area contributed by atoms with E-state index in [1.807, 2.05) is 0 Å². The number of carbonyl (C=O) groups is 3. The van der Waals surface area contributed by atoms with Gasteiger partial charge in [0, 0.05) is 10.9 Å². The van der Waals surface area contributed by atoms with Crippen molar-refractivity contribution in [2.45, 2.75) is 18.9 Å². The van der Waals surface area contributed by atoms with Crippen LogP contribution < -0.4 is 5.32 Å². The zero-order valence-corrected chi connectivity index (χ0v) is 11.8. The van der Waals surface area contributed by atoms with Crippen LogP contribution in [0.5, 0.6) is 5.75 Å². The maximum Gasteiger partial charge on any atom is 0.326 e. The second kappa shape index (κ2) is 6.90. The van der Waals surface area contributed by atoms with Gasteiger partial charge in [-0.05, 0) is 24.6 Å². The van der Waals surface area contributed by atoms with Crippen molar-refractivity contribution in [3.8, 4) is 5.75 Å². The largest absolute Gasteiger partial charge is 0.507 e. The van der Waals surface area contributed by atoms with Gasteiger partial charge < -0.3 is 20.6 Å². The molecule has 0 aliphatic heterocycles. The topological polar surface area (TPSA) is 124 Å². The summed E-state index contributed by atoms with van der Waals surface area (Å²) in [7, 11) is 0. The summed E-state index contributed by atoms with van der Waals surface area (Å²) in [6.07, 6.45) is -0.628. The number of carboxylic acid groups (broad SMARTS) is 2. The summed E-state index contributed by atoms with van der Waals surface area (Å²) in [4.78, 5) is 33.2. The second-order valence-electron chi connectivity index (χ2n) is 3.96. The van der Waals surface area contributed by atoms with Crippen LogP contribution in [0.25, 0.3) is 0 Å². The maximum absolute atomic E-state index is 11.8.